The van der Waals surface area contributed by atoms with E-state index in [0.29, 0.717) is 6.54 Å². The molecule has 0 bridgehead atoms. The molecular formula is C22H28N6O2. The molecule has 0 radical (unpaired) electrons. The van der Waals surface area contributed by atoms with E-state index in [-0.39, 0.29) is 0 Å². The van der Waals surface area contributed by atoms with E-state index in [2.05, 4.69) is 30.2 Å². The zero-order valence-corrected chi connectivity index (χ0v) is 17.3. The summed E-state index contributed by atoms with van der Waals surface area (Å²) in [4.78, 5) is 13.4. The highest BCUT2D eigenvalue weighted by atomic mass is 16.5. The number of anilines is 1. The molecule has 0 unspecified atom stereocenters. The minimum Gasteiger partial charge on any atom is -0.496 e. The third-order valence-corrected chi connectivity index (χ3v) is 5.28. The minimum atomic E-state index is 0.668. The van der Waals surface area contributed by atoms with Gasteiger partial charge in [-0.15, -0.1) is 0 Å². The molecule has 0 spiro atoms. The average molecular weight is 409 g/mol. The number of methoxy groups -OCH3 is 1. The molecule has 8 nitrogen and oxygen atoms in total. The molecule has 8 heteroatoms. The first-order valence-corrected chi connectivity index (χ1v) is 10.4. The third kappa shape index (κ3) is 5.14. The molecule has 1 N–H and O–H groups in total. The van der Waals surface area contributed by atoms with Crippen LogP contribution in [0.25, 0.3) is 11.3 Å². The first-order valence-electron chi connectivity index (χ1n) is 10.4. The van der Waals surface area contributed by atoms with Gasteiger partial charge in [0.05, 0.1) is 13.7 Å². The average Bonchev–Trinajstić information content (AvgIpc) is 3.28. The van der Waals surface area contributed by atoms with Crippen LogP contribution in [0.5, 0.6) is 5.75 Å². The molecule has 158 valence electrons. The van der Waals surface area contributed by atoms with Gasteiger partial charge in [-0.1, -0.05) is 17.3 Å². The van der Waals surface area contributed by atoms with Crippen LogP contribution in [0.2, 0.25) is 0 Å². The van der Waals surface area contributed by atoms with E-state index in [1.54, 1.807) is 19.5 Å². The fourth-order valence-corrected chi connectivity index (χ4v) is 3.64. The Kier molecular flexibility index (Phi) is 6.89. The van der Waals surface area contributed by atoms with Crippen LogP contribution in [-0.2, 0) is 6.54 Å². The zero-order valence-electron chi connectivity index (χ0n) is 17.3. The molecule has 0 saturated carbocycles. The maximum Gasteiger partial charge on any atom is 0.225 e. The highest BCUT2D eigenvalue weighted by Crippen LogP contribution is 2.28. The summed E-state index contributed by atoms with van der Waals surface area (Å²) < 4.78 is 10.9. The smallest absolute Gasteiger partial charge is 0.225 e. The normalized spacial score (nSPS) is 14.8. The summed E-state index contributed by atoms with van der Waals surface area (Å²) in [7, 11) is 1.66. The predicted octanol–water partition coefficient (Wildman–Crippen LogP) is 2.44. The number of para-hydroxylation sites is 1. The molecule has 2 aromatic heterocycles. The van der Waals surface area contributed by atoms with Crippen molar-refractivity contribution < 1.29 is 9.26 Å². The van der Waals surface area contributed by atoms with Crippen molar-refractivity contribution in [2.24, 2.45) is 0 Å². The van der Waals surface area contributed by atoms with E-state index < -0.39 is 0 Å². The summed E-state index contributed by atoms with van der Waals surface area (Å²) >= 11 is 0. The Hall–Kier alpha value is -2.97. The summed E-state index contributed by atoms with van der Waals surface area (Å²) in [5, 5.41) is 7.63. The second kappa shape index (κ2) is 10.2. The van der Waals surface area contributed by atoms with Gasteiger partial charge in [0.25, 0.3) is 0 Å². The van der Waals surface area contributed by atoms with Gasteiger partial charge >= 0.3 is 0 Å². The van der Waals surface area contributed by atoms with Crippen LogP contribution in [0.3, 0.4) is 0 Å². The van der Waals surface area contributed by atoms with Gasteiger partial charge < -0.3 is 19.5 Å². The van der Waals surface area contributed by atoms with E-state index >= 15 is 0 Å². The Balaban J connectivity index is 1.15. The van der Waals surface area contributed by atoms with Crippen LogP contribution in [0.15, 0.2) is 53.3 Å². The minimum absolute atomic E-state index is 0.668. The first kappa shape index (κ1) is 20.3. The second-order valence-electron chi connectivity index (χ2n) is 7.29. The fourth-order valence-electron chi connectivity index (χ4n) is 3.64. The Labute approximate surface area is 176 Å². The molecule has 1 aromatic carbocycles. The Morgan fingerprint density at radius 3 is 2.67 bits per heavy atom. The van der Waals surface area contributed by atoms with E-state index in [1.807, 2.05) is 36.4 Å². The van der Waals surface area contributed by atoms with Gasteiger partial charge in [0.2, 0.25) is 5.95 Å². The van der Waals surface area contributed by atoms with Crippen LogP contribution >= 0.6 is 0 Å². The molecule has 0 aliphatic carbocycles. The van der Waals surface area contributed by atoms with E-state index in [0.717, 1.165) is 74.4 Å². The second-order valence-corrected chi connectivity index (χ2v) is 7.29. The number of nitrogens with zero attached hydrogens (tertiary/aromatic N) is 5. The fraction of sp³-hybridized carbons (Fsp3) is 0.409. The summed E-state index contributed by atoms with van der Waals surface area (Å²) in [6.45, 7) is 6.72. The molecule has 1 saturated heterocycles. The van der Waals surface area contributed by atoms with Crippen LogP contribution in [-0.4, -0.2) is 66.4 Å². The van der Waals surface area contributed by atoms with Gasteiger partial charge in [0.1, 0.15) is 11.4 Å². The monoisotopic (exact) mass is 408 g/mol. The van der Waals surface area contributed by atoms with Crippen molar-refractivity contribution in [1.82, 2.24) is 25.3 Å². The summed E-state index contributed by atoms with van der Waals surface area (Å²) in [6, 6.07) is 11.6. The molecule has 30 heavy (non-hydrogen) atoms. The molecule has 0 atom stereocenters. The topological polar surface area (TPSA) is 79.5 Å². The number of ether oxygens (including phenoxy) is 1. The Morgan fingerprint density at radius 1 is 1.07 bits per heavy atom. The maximum absolute atomic E-state index is 5.47. The van der Waals surface area contributed by atoms with Gasteiger partial charge in [0.15, 0.2) is 5.76 Å². The maximum atomic E-state index is 5.47. The summed E-state index contributed by atoms with van der Waals surface area (Å²) in [5.41, 5.74) is 1.74. The highest BCUT2D eigenvalue weighted by Gasteiger charge is 2.18. The molecule has 1 aliphatic heterocycles. The number of hydrogen-bond donors (Lipinski definition) is 1. The molecule has 1 fully saturated rings. The number of nitrogens with one attached hydrogen (secondary N) is 1. The summed E-state index contributed by atoms with van der Waals surface area (Å²) in [5.74, 6) is 2.45. The van der Waals surface area contributed by atoms with Crippen molar-refractivity contribution in [1.29, 1.82) is 0 Å². The zero-order chi connectivity index (χ0) is 20.6. The Bertz CT molecular complexity index is 909. The third-order valence-electron chi connectivity index (χ3n) is 5.28. The molecule has 0 amide bonds. The van der Waals surface area contributed by atoms with E-state index in [4.69, 9.17) is 9.26 Å². The van der Waals surface area contributed by atoms with Crippen molar-refractivity contribution in [2.75, 3.05) is 51.3 Å². The quantitative estimate of drug-likeness (QED) is 0.541. The van der Waals surface area contributed by atoms with Crippen LogP contribution in [0.1, 0.15) is 12.2 Å². The number of aromatic nitrogens is 3. The Morgan fingerprint density at radius 2 is 1.87 bits per heavy atom. The lowest BCUT2D eigenvalue weighted by Gasteiger charge is -2.34. The lowest BCUT2D eigenvalue weighted by atomic mass is 10.1. The molecule has 1 aliphatic rings. The largest absolute Gasteiger partial charge is 0.496 e. The molecular weight excluding hydrogens is 380 g/mol. The van der Waals surface area contributed by atoms with Crippen molar-refractivity contribution >= 4 is 5.95 Å². The van der Waals surface area contributed by atoms with Crippen molar-refractivity contribution in [3.63, 3.8) is 0 Å². The lowest BCUT2D eigenvalue weighted by molar-refractivity contribution is 0.252. The van der Waals surface area contributed by atoms with Gasteiger partial charge in [-0.3, -0.25) is 4.90 Å². The SMILES string of the molecule is COc1ccccc1-c1cc(CNCCCN2CCN(c3ncccn3)CC2)on1. The van der Waals surface area contributed by atoms with Crippen LogP contribution in [0.4, 0.5) is 5.95 Å². The summed E-state index contributed by atoms with van der Waals surface area (Å²) in [6.07, 6.45) is 4.69. The van der Waals surface area contributed by atoms with E-state index in [9.17, 15) is 0 Å². The standard InChI is InChI=1S/C22H28N6O2/c1-29-21-7-3-2-6-19(21)20-16-18(30-26-20)17-23-8-5-11-27-12-14-28(15-13-27)22-24-9-4-10-25-22/h2-4,6-7,9-10,16,23H,5,8,11-15,17H2,1H3. The van der Waals surface area contributed by atoms with E-state index in [1.165, 1.54) is 0 Å². The molecule has 4 rings (SSSR count). The highest BCUT2D eigenvalue weighted by molar-refractivity contribution is 5.66. The molecule has 3 heterocycles. The van der Waals surface area contributed by atoms with Gasteiger partial charge in [-0.05, 0) is 37.7 Å². The number of rotatable bonds is 9. The number of hydrogen-bond acceptors (Lipinski definition) is 8. The predicted molar refractivity (Wildman–Crippen MR) is 115 cm³/mol. The number of benzene rings is 1. The van der Waals surface area contributed by atoms with Crippen LogP contribution in [0, 0.1) is 0 Å². The number of piperazine rings is 1. The van der Waals surface area contributed by atoms with Gasteiger partial charge in [0, 0.05) is 50.2 Å². The lowest BCUT2D eigenvalue weighted by Crippen LogP contribution is -2.47. The van der Waals surface area contributed by atoms with Gasteiger partial charge in [-0.2, -0.15) is 0 Å². The van der Waals surface area contributed by atoms with Crippen molar-refractivity contribution in [3.8, 4) is 17.0 Å². The molecule has 3 aromatic rings. The van der Waals surface area contributed by atoms with Crippen molar-refractivity contribution in [3.05, 3.63) is 54.6 Å². The van der Waals surface area contributed by atoms with Gasteiger partial charge in [-0.25, -0.2) is 9.97 Å². The first-order chi connectivity index (χ1) is 14.8. The van der Waals surface area contributed by atoms with Crippen molar-refractivity contribution in [2.45, 2.75) is 13.0 Å². The van der Waals surface area contributed by atoms with Crippen LogP contribution < -0.4 is 15.0 Å².